The van der Waals surface area contributed by atoms with Gasteiger partial charge in [0.2, 0.25) is 0 Å². The van der Waals surface area contributed by atoms with E-state index in [1.165, 1.54) is 0 Å². The number of carbonyl (C=O) groups excluding carboxylic acids is 1. The SMILES string of the molecule is O=C1Nc2cccc(Br)c2C1Nc1ccccc1Br. The lowest BCUT2D eigenvalue weighted by Gasteiger charge is -2.15. The van der Waals surface area contributed by atoms with Crippen molar-refractivity contribution in [3.63, 3.8) is 0 Å². The summed E-state index contributed by atoms with van der Waals surface area (Å²) in [5.74, 6) is -0.0438. The molecule has 2 aromatic rings. The molecule has 0 radical (unpaired) electrons. The van der Waals surface area contributed by atoms with Crippen molar-refractivity contribution in [1.29, 1.82) is 0 Å². The van der Waals surface area contributed by atoms with Crippen molar-refractivity contribution in [2.45, 2.75) is 6.04 Å². The molecule has 1 aliphatic rings. The highest BCUT2D eigenvalue weighted by molar-refractivity contribution is 9.11. The molecule has 1 atom stereocenters. The molecule has 0 spiro atoms. The van der Waals surface area contributed by atoms with Gasteiger partial charge in [-0.05, 0) is 40.2 Å². The third-order valence-electron chi connectivity index (χ3n) is 3.04. The molecule has 2 aromatic carbocycles. The number of anilines is 2. The van der Waals surface area contributed by atoms with Gasteiger partial charge in [0.05, 0.1) is 0 Å². The number of benzene rings is 2. The lowest BCUT2D eigenvalue weighted by Crippen LogP contribution is -2.20. The molecular formula is C14H10Br2N2O. The highest BCUT2D eigenvalue weighted by Crippen LogP contribution is 2.39. The number of fused-ring (bicyclic) bond motifs is 1. The van der Waals surface area contributed by atoms with Gasteiger partial charge in [0.1, 0.15) is 6.04 Å². The molecule has 1 unspecified atom stereocenters. The zero-order chi connectivity index (χ0) is 13.4. The molecule has 0 aliphatic carbocycles. The molecule has 96 valence electrons. The number of rotatable bonds is 2. The number of halogens is 2. The second-order valence-corrected chi connectivity index (χ2v) is 5.96. The van der Waals surface area contributed by atoms with Crippen LogP contribution >= 0.6 is 31.9 Å². The first-order valence-electron chi connectivity index (χ1n) is 5.77. The molecule has 0 bridgehead atoms. The summed E-state index contributed by atoms with van der Waals surface area (Å²) in [4.78, 5) is 12.1. The number of hydrogen-bond acceptors (Lipinski definition) is 2. The van der Waals surface area contributed by atoms with Crippen LogP contribution in [0.2, 0.25) is 0 Å². The van der Waals surface area contributed by atoms with E-state index in [1.807, 2.05) is 42.5 Å². The van der Waals surface area contributed by atoms with E-state index in [1.54, 1.807) is 0 Å². The van der Waals surface area contributed by atoms with Gasteiger partial charge in [0, 0.05) is 25.9 Å². The number of carbonyl (C=O) groups is 1. The molecular weight excluding hydrogens is 372 g/mol. The van der Waals surface area contributed by atoms with Gasteiger partial charge in [0.25, 0.3) is 5.91 Å². The first-order valence-corrected chi connectivity index (χ1v) is 7.36. The minimum Gasteiger partial charge on any atom is -0.369 e. The molecule has 2 N–H and O–H groups in total. The van der Waals surface area contributed by atoms with E-state index in [0.29, 0.717) is 0 Å². The molecule has 0 saturated heterocycles. The number of hydrogen-bond donors (Lipinski definition) is 2. The predicted octanol–water partition coefficient (Wildman–Crippen LogP) is 4.32. The molecule has 3 rings (SSSR count). The summed E-state index contributed by atoms with van der Waals surface area (Å²) in [5.41, 5.74) is 2.69. The molecule has 0 saturated carbocycles. The number of para-hydroxylation sites is 1. The lowest BCUT2D eigenvalue weighted by atomic mass is 10.1. The van der Waals surface area contributed by atoms with Crippen LogP contribution in [-0.2, 0) is 4.79 Å². The summed E-state index contributed by atoms with van der Waals surface area (Å²) >= 11 is 6.98. The minimum atomic E-state index is -0.385. The van der Waals surface area contributed by atoms with E-state index in [0.717, 1.165) is 25.9 Å². The number of amides is 1. The third-order valence-corrected chi connectivity index (χ3v) is 4.42. The predicted molar refractivity (Wildman–Crippen MR) is 83.3 cm³/mol. The quantitative estimate of drug-likeness (QED) is 0.813. The van der Waals surface area contributed by atoms with Crippen LogP contribution < -0.4 is 10.6 Å². The average molecular weight is 382 g/mol. The summed E-state index contributed by atoms with van der Waals surface area (Å²) in [6, 6.07) is 13.1. The maximum Gasteiger partial charge on any atom is 0.251 e. The van der Waals surface area contributed by atoms with Crippen LogP contribution in [-0.4, -0.2) is 5.91 Å². The Bertz CT molecular complexity index is 658. The van der Waals surface area contributed by atoms with Crippen LogP contribution in [0.4, 0.5) is 11.4 Å². The Balaban J connectivity index is 1.99. The first-order chi connectivity index (χ1) is 9.16. The third kappa shape index (κ3) is 2.28. The van der Waals surface area contributed by atoms with Crippen LogP contribution in [0.25, 0.3) is 0 Å². The monoisotopic (exact) mass is 380 g/mol. The molecule has 3 nitrogen and oxygen atoms in total. The van der Waals surface area contributed by atoms with Crippen molar-refractivity contribution in [2.75, 3.05) is 10.6 Å². The molecule has 19 heavy (non-hydrogen) atoms. The summed E-state index contributed by atoms with van der Waals surface area (Å²) in [5, 5.41) is 6.15. The first kappa shape index (κ1) is 12.7. The fourth-order valence-corrected chi connectivity index (χ4v) is 3.14. The second-order valence-electron chi connectivity index (χ2n) is 4.25. The fourth-order valence-electron chi connectivity index (χ4n) is 2.15. The molecule has 0 fully saturated rings. The van der Waals surface area contributed by atoms with Gasteiger partial charge in [-0.2, -0.15) is 0 Å². The topological polar surface area (TPSA) is 41.1 Å². The zero-order valence-corrected chi connectivity index (χ0v) is 13.0. The maximum atomic E-state index is 12.1. The highest BCUT2D eigenvalue weighted by atomic mass is 79.9. The van der Waals surface area contributed by atoms with Gasteiger partial charge in [-0.25, -0.2) is 0 Å². The summed E-state index contributed by atoms with van der Waals surface area (Å²) in [6.45, 7) is 0. The Kier molecular flexibility index (Phi) is 3.33. The van der Waals surface area contributed by atoms with E-state index in [9.17, 15) is 4.79 Å². The van der Waals surface area contributed by atoms with E-state index in [-0.39, 0.29) is 11.9 Å². The Morgan fingerprint density at radius 3 is 2.53 bits per heavy atom. The molecule has 1 amide bonds. The van der Waals surface area contributed by atoms with Gasteiger partial charge >= 0.3 is 0 Å². The maximum absolute atomic E-state index is 12.1. The highest BCUT2D eigenvalue weighted by Gasteiger charge is 2.32. The van der Waals surface area contributed by atoms with Crippen LogP contribution in [0.3, 0.4) is 0 Å². The van der Waals surface area contributed by atoms with Crippen molar-refractivity contribution >= 4 is 49.1 Å². The molecule has 1 aliphatic heterocycles. The Hall–Kier alpha value is -1.33. The molecule has 5 heteroatoms. The second kappa shape index (κ2) is 4.98. The average Bonchev–Trinajstić information content (AvgIpc) is 2.70. The van der Waals surface area contributed by atoms with Gasteiger partial charge in [-0.15, -0.1) is 0 Å². The van der Waals surface area contributed by atoms with Gasteiger partial charge in [-0.1, -0.05) is 34.1 Å². The summed E-state index contributed by atoms with van der Waals surface area (Å²) < 4.78 is 1.86. The summed E-state index contributed by atoms with van der Waals surface area (Å²) in [6.07, 6.45) is 0. The van der Waals surface area contributed by atoms with Crippen LogP contribution in [0.5, 0.6) is 0 Å². The number of nitrogens with one attached hydrogen (secondary N) is 2. The Labute approximate surface area is 127 Å². The van der Waals surface area contributed by atoms with E-state index >= 15 is 0 Å². The minimum absolute atomic E-state index is 0.0438. The fraction of sp³-hybridized carbons (Fsp3) is 0.0714. The van der Waals surface area contributed by atoms with Crippen molar-refractivity contribution < 1.29 is 4.79 Å². The standard InChI is InChI=1S/C14H10Br2N2O/c15-8-4-1-2-6-10(8)17-13-12-9(16)5-3-7-11(12)18-14(13)19/h1-7,13,17H,(H,18,19). The van der Waals surface area contributed by atoms with Crippen molar-refractivity contribution in [3.05, 3.63) is 57.0 Å². The van der Waals surface area contributed by atoms with Crippen molar-refractivity contribution in [1.82, 2.24) is 0 Å². The van der Waals surface area contributed by atoms with Crippen molar-refractivity contribution in [2.24, 2.45) is 0 Å². The molecule has 1 heterocycles. The Morgan fingerprint density at radius 2 is 1.74 bits per heavy atom. The Morgan fingerprint density at radius 1 is 1.00 bits per heavy atom. The van der Waals surface area contributed by atoms with E-state index in [2.05, 4.69) is 42.5 Å². The van der Waals surface area contributed by atoms with Gasteiger partial charge < -0.3 is 10.6 Å². The van der Waals surface area contributed by atoms with Crippen molar-refractivity contribution in [3.8, 4) is 0 Å². The zero-order valence-electron chi connectivity index (χ0n) is 9.78. The van der Waals surface area contributed by atoms with Crippen LogP contribution in [0.15, 0.2) is 51.4 Å². The smallest absolute Gasteiger partial charge is 0.251 e. The van der Waals surface area contributed by atoms with E-state index < -0.39 is 0 Å². The van der Waals surface area contributed by atoms with E-state index in [4.69, 9.17) is 0 Å². The van der Waals surface area contributed by atoms with Gasteiger partial charge in [0.15, 0.2) is 0 Å². The largest absolute Gasteiger partial charge is 0.369 e. The summed E-state index contributed by atoms with van der Waals surface area (Å²) in [7, 11) is 0. The lowest BCUT2D eigenvalue weighted by molar-refractivity contribution is -0.116. The molecule has 0 aromatic heterocycles. The normalized spacial score (nSPS) is 16.9. The van der Waals surface area contributed by atoms with Crippen LogP contribution in [0, 0.1) is 0 Å². The van der Waals surface area contributed by atoms with Crippen LogP contribution in [0.1, 0.15) is 11.6 Å². The van der Waals surface area contributed by atoms with Gasteiger partial charge in [-0.3, -0.25) is 4.79 Å².